The van der Waals surface area contributed by atoms with Crippen molar-refractivity contribution in [3.63, 3.8) is 0 Å². The van der Waals surface area contributed by atoms with Gasteiger partial charge >= 0.3 is 0 Å². The number of fused-ring (bicyclic) bond motifs is 1. The molecule has 2 heterocycles. The summed E-state index contributed by atoms with van der Waals surface area (Å²) in [6.07, 6.45) is 7.23. The second-order valence-corrected chi connectivity index (χ2v) is 5.81. The van der Waals surface area contributed by atoms with E-state index in [1.807, 2.05) is 6.20 Å². The van der Waals surface area contributed by atoms with Crippen LogP contribution in [0.25, 0.3) is 0 Å². The number of nitrogens with zero attached hydrogens (tertiary/aromatic N) is 2. The highest BCUT2D eigenvalue weighted by molar-refractivity contribution is 5.46. The third-order valence-electron chi connectivity index (χ3n) is 4.68. The molecule has 1 aromatic rings. The first-order valence-electron chi connectivity index (χ1n) is 7.24. The Balaban J connectivity index is 1.70. The molecule has 1 aliphatic carbocycles. The molecule has 98 valence electrons. The first-order valence-corrected chi connectivity index (χ1v) is 7.24. The Hall–Kier alpha value is -1.09. The molecule has 0 aromatic carbocycles. The van der Waals surface area contributed by atoms with Crippen molar-refractivity contribution in [2.24, 2.45) is 17.6 Å². The van der Waals surface area contributed by atoms with Crippen LogP contribution in [0.4, 0.5) is 5.69 Å². The number of anilines is 1. The maximum absolute atomic E-state index is 6.00. The lowest BCUT2D eigenvalue weighted by atomic mass is 10.0. The summed E-state index contributed by atoms with van der Waals surface area (Å²) in [7, 11) is 0. The Morgan fingerprint density at radius 1 is 1.33 bits per heavy atom. The maximum atomic E-state index is 6.00. The lowest BCUT2D eigenvalue weighted by Gasteiger charge is -2.20. The largest absolute Gasteiger partial charge is 0.370 e. The van der Waals surface area contributed by atoms with E-state index >= 15 is 0 Å². The van der Waals surface area contributed by atoms with Crippen LogP contribution in [0.3, 0.4) is 0 Å². The standard InChI is InChI=1S/C15H23N3/c1-2-14(16)15-7-6-13(8-17-15)18-9-11-4-3-5-12(11)10-18/h6-8,11-12,14H,2-5,9-10,16H2,1H3/t11?,12?,14-/m1/s1. The summed E-state index contributed by atoms with van der Waals surface area (Å²) in [5, 5.41) is 0. The second-order valence-electron chi connectivity index (χ2n) is 5.81. The van der Waals surface area contributed by atoms with E-state index in [0.717, 1.165) is 24.0 Å². The van der Waals surface area contributed by atoms with Crippen molar-refractivity contribution in [2.45, 2.75) is 38.6 Å². The zero-order valence-corrected chi connectivity index (χ0v) is 11.2. The summed E-state index contributed by atoms with van der Waals surface area (Å²) in [5.74, 6) is 1.87. The van der Waals surface area contributed by atoms with E-state index in [-0.39, 0.29) is 6.04 Å². The fourth-order valence-electron chi connectivity index (χ4n) is 3.46. The summed E-state index contributed by atoms with van der Waals surface area (Å²) in [5.41, 5.74) is 8.29. The minimum absolute atomic E-state index is 0.0806. The molecule has 0 spiro atoms. The summed E-state index contributed by atoms with van der Waals surface area (Å²) < 4.78 is 0. The number of nitrogens with two attached hydrogens (primary N) is 1. The zero-order chi connectivity index (χ0) is 12.5. The molecule has 3 nitrogen and oxygen atoms in total. The van der Waals surface area contributed by atoms with Crippen LogP contribution in [0, 0.1) is 11.8 Å². The van der Waals surface area contributed by atoms with Gasteiger partial charge in [-0.15, -0.1) is 0 Å². The first kappa shape index (κ1) is 12.0. The monoisotopic (exact) mass is 245 g/mol. The molecule has 2 fully saturated rings. The van der Waals surface area contributed by atoms with Crippen molar-refractivity contribution in [1.82, 2.24) is 4.98 Å². The van der Waals surface area contributed by atoms with Crippen molar-refractivity contribution >= 4 is 5.69 Å². The molecule has 1 aliphatic heterocycles. The Bertz CT molecular complexity index is 389. The molecule has 2 N–H and O–H groups in total. The summed E-state index contributed by atoms with van der Waals surface area (Å²) in [4.78, 5) is 7.02. The van der Waals surface area contributed by atoms with Crippen LogP contribution in [0.2, 0.25) is 0 Å². The van der Waals surface area contributed by atoms with Gasteiger partial charge in [0.1, 0.15) is 0 Å². The predicted molar refractivity (Wildman–Crippen MR) is 74.5 cm³/mol. The molecule has 3 rings (SSSR count). The van der Waals surface area contributed by atoms with E-state index < -0.39 is 0 Å². The van der Waals surface area contributed by atoms with Gasteiger partial charge in [-0.05, 0) is 43.2 Å². The van der Waals surface area contributed by atoms with E-state index in [9.17, 15) is 0 Å². The van der Waals surface area contributed by atoms with Crippen LogP contribution < -0.4 is 10.6 Å². The molecule has 3 atom stereocenters. The molecule has 1 aromatic heterocycles. The fourth-order valence-corrected chi connectivity index (χ4v) is 3.46. The van der Waals surface area contributed by atoms with Gasteiger partial charge in [0.2, 0.25) is 0 Å². The van der Waals surface area contributed by atoms with E-state index in [1.165, 1.54) is 38.0 Å². The number of hydrogen-bond acceptors (Lipinski definition) is 3. The fraction of sp³-hybridized carbons (Fsp3) is 0.667. The normalized spacial score (nSPS) is 28.4. The Morgan fingerprint density at radius 2 is 2.06 bits per heavy atom. The molecule has 1 saturated carbocycles. The minimum Gasteiger partial charge on any atom is -0.370 e. The number of rotatable bonds is 3. The van der Waals surface area contributed by atoms with Gasteiger partial charge in [-0.1, -0.05) is 13.3 Å². The lowest BCUT2D eigenvalue weighted by molar-refractivity contribution is 0.494. The SMILES string of the molecule is CC[C@@H](N)c1ccc(N2CC3CCCC3C2)cn1. The molecule has 2 unspecified atom stereocenters. The molecule has 3 heteroatoms. The lowest BCUT2D eigenvalue weighted by Crippen LogP contribution is -2.21. The molecule has 2 aliphatic rings. The van der Waals surface area contributed by atoms with Gasteiger partial charge in [-0.25, -0.2) is 0 Å². The number of hydrogen-bond donors (Lipinski definition) is 1. The van der Waals surface area contributed by atoms with Crippen LogP contribution in [-0.4, -0.2) is 18.1 Å². The van der Waals surface area contributed by atoms with Crippen molar-refractivity contribution < 1.29 is 0 Å². The van der Waals surface area contributed by atoms with E-state index in [2.05, 4.69) is 28.9 Å². The van der Waals surface area contributed by atoms with Gasteiger partial charge in [0.15, 0.2) is 0 Å². The highest BCUT2D eigenvalue weighted by atomic mass is 15.2. The van der Waals surface area contributed by atoms with Gasteiger partial charge in [-0.2, -0.15) is 0 Å². The summed E-state index contributed by atoms with van der Waals surface area (Å²) >= 11 is 0. The van der Waals surface area contributed by atoms with Crippen LogP contribution in [0.15, 0.2) is 18.3 Å². The van der Waals surface area contributed by atoms with E-state index in [0.29, 0.717) is 0 Å². The molecule has 18 heavy (non-hydrogen) atoms. The molecule has 0 amide bonds. The number of aromatic nitrogens is 1. The Labute approximate surface area is 109 Å². The smallest absolute Gasteiger partial charge is 0.0572 e. The van der Waals surface area contributed by atoms with Crippen LogP contribution >= 0.6 is 0 Å². The highest BCUT2D eigenvalue weighted by Crippen LogP contribution is 2.39. The van der Waals surface area contributed by atoms with Crippen molar-refractivity contribution in [1.29, 1.82) is 0 Å². The zero-order valence-electron chi connectivity index (χ0n) is 11.2. The molecule has 0 radical (unpaired) electrons. The molecular weight excluding hydrogens is 222 g/mol. The summed E-state index contributed by atoms with van der Waals surface area (Å²) in [6.45, 7) is 4.55. The highest BCUT2D eigenvalue weighted by Gasteiger charge is 2.36. The van der Waals surface area contributed by atoms with Crippen molar-refractivity contribution in [2.75, 3.05) is 18.0 Å². The van der Waals surface area contributed by atoms with Crippen LogP contribution in [0.1, 0.15) is 44.3 Å². The van der Waals surface area contributed by atoms with Gasteiger partial charge in [0.25, 0.3) is 0 Å². The number of pyridine rings is 1. The van der Waals surface area contributed by atoms with Gasteiger partial charge in [-0.3, -0.25) is 4.98 Å². The quantitative estimate of drug-likeness (QED) is 0.890. The molecular formula is C15H23N3. The maximum Gasteiger partial charge on any atom is 0.0572 e. The average Bonchev–Trinajstić information content (AvgIpc) is 2.99. The average molecular weight is 245 g/mol. The van der Waals surface area contributed by atoms with Gasteiger partial charge in [0, 0.05) is 19.1 Å². The van der Waals surface area contributed by atoms with Crippen LogP contribution in [-0.2, 0) is 0 Å². The summed E-state index contributed by atoms with van der Waals surface area (Å²) in [6, 6.07) is 4.37. The van der Waals surface area contributed by atoms with Crippen molar-refractivity contribution in [3.05, 3.63) is 24.0 Å². The van der Waals surface area contributed by atoms with Crippen molar-refractivity contribution in [3.8, 4) is 0 Å². The Morgan fingerprint density at radius 3 is 2.61 bits per heavy atom. The third kappa shape index (κ3) is 2.12. The molecule has 1 saturated heterocycles. The minimum atomic E-state index is 0.0806. The predicted octanol–water partition coefficient (Wildman–Crippen LogP) is 2.73. The first-order chi connectivity index (χ1) is 8.78. The van der Waals surface area contributed by atoms with Crippen LogP contribution in [0.5, 0.6) is 0 Å². The van der Waals surface area contributed by atoms with E-state index in [4.69, 9.17) is 5.73 Å². The van der Waals surface area contributed by atoms with Gasteiger partial charge < -0.3 is 10.6 Å². The third-order valence-corrected chi connectivity index (χ3v) is 4.68. The molecule has 0 bridgehead atoms. The topological polar surface area (TPSA) is 42.1 Å². The second kappa shape index (κ2) is 4.88. The van der Waals surface area contributed by atoms with E-state index in [1.54, 1.807) is 0 Å². The van der Waals surface area contributed by atoms with Gasteiger partial charge in [0.05, 0.1) is 17.6 Å². The Kier molecular flexibility index (Phi) is 3.25.